The quantitative estimate of drug-likeness (QED) is 0.668. The van der Waals surface area contributed by atoms with Gasteiger partial charge in [-0.2, -0.15) is 13.2 Å². The molecule has 1 aromatic carbocycles. The zero-order valence-electron chi connectivity index (χ0n) is 15.3. The van der Waals surface area contributed by atoms with E-state index >= 15 is 0 Å². The van der Waals surface area contributed by atoms with Gasteiger partial charge < -0.3 is 14.2 Å². The van der Waals surface area contributed by atoms with Crippen LogP contribution in [0, 0.1) is 0 Å². The second-order valence-electron chi connectivity index (χ2n) is 6.57. The van der Waals surface area contributed by atoms with Gasteiger partial charge in [-0.25, -0.2) is 9.97 Å². The van der Waals surface area contributed by atoms with Gasteiger partial charge in [-0.15, -0.1) is 0 Å². The molecule has 4 rings (SSSR count). The van der Waals surface area contributed by atoms with Gasteiger partial charge in [0.25, 0.3) is 5.91 Å². The lowest BCUT2D eigenvalue weighted by Crippen LogP contribution is -2.49. The third-order valence-electron chi connectivity index (χ3n) is 4.69. The lowest BCUT2D eigenvalue weighted by Gasteiger charge is -2.34. The molecule has 6 nitrogen and oxygen atoms in total. The Bertz CT molecular complexity index is 996. The summed E-state index contributed by atoms with van der Waals surface area (Å²) in [6.45, 7) is 2.10. The predicted molar refractivity (Wildman–Crippen MR) is 99.3 cm³/mol. The summed E-state index contributed by atoms with van der Waals surface area (Å²) in [4.78, 5) is 24.8. The molecule has 0 aliphatic carbocycles. The van der Waals surface area contributed by atoms with Crippen molar-refractivity contribution in [2.45, 2.75) is 6.18 Å². The van der Waals surface area contributed by atoms with Crippen molar-refractivity contribution in [3.8, 4) is 11.3 Å². The third kappa shape index (κ3) is 4.08. The number of aromatic nitrogens is 2. The molecular formula is C20H17F3N4O2. The molecule has 0 spiro atoms. The first-order valence-electron chi connectivity index (χ1n) is 9.00. The maximum absolute atomic E-state index is 12.9. The van der Waals surface area contributed by atoms with E-state index in [2.05, 4.69) is 9.97 Å². The fourth-order valence-corrected chi connectivity index (χ4v) is 3.18. The zero-order valence-corrected chi connectivity index (χ0v) is 15.3. The van der Waals surface area contributed by atoms with E-state index in [1.807, 2.05) is 4.90 Å². The number of carbonyl (C=O) groups is 1. The molecule has 0 radical (unpaired) electrons. The van der Waals surface area contributed by atoms with E-state index < -0.39 is 11.7 Å². The first kappa shape index (κ1) is 19.0. The summed E-state index contributed by atoms with van der Waals surface area (Å²) < 4.78 is 44.3. The molecule has 0 bridgehead atoms. The Hall–Kier alpha value is -3.36. The third-order valence-corrected chi connectivity index (χ3v) is 4.69. The van der Waals surface area contributed by atoms with Crippen LogP contribution in [0.4, 0.5) is 19.1 Å². The number of hydrogen-bond donors (Lipinski definition) is 0. The van der Waals surface area contributed by atoms with E-state index in [9.17, 15) is 18.0 Å². The summed E-state index contributed by atoms with van der Waals surface area (Å²) in [5, 5.41) is 0. The van der Waals surface area contributed by atoms with E-state index in [-0.39, 0.29) is 23.0 Å². The minimum absolute atomic E-state index is 0.0989. The van der Waals surface area contributed by atoms with Crippen molar-refractivity contribution in [3.63, 3.8) is 0 Å². The van der Waals surface area contributed by atoms with Crippen molar-refractivity contribution >= 4 is 11.9 Å². The van der Waals surface area contributed by atoms with E-state index in [0.29, 0.717) is 32.1 Å². The number of benzene rings is 1. The van der Waals surface area contributed by atoms with Crippen LogP contribution in [0.1, 0.15) is 16.1 Å². The number of hydrogen-bond acceptors (Lipinski definition) is 5. The normalized spacial score (nSPS) is 14.9. The standard InChI is InChI=1S/C20H17F3N4O2/c21-20(22,23)15-4-1-3-14(13-15)16-5-6-17(29-16)18(28)26-9-11-27(12-10-26)19-24-7-2-8-25-19/h1-8,13H,9-12H2. The van der Waals surface area contributed by atoms with Gasteiger partial charge in [-0.05, 0) is 30.3 Å². The van der Waals surface area contributed by atoms with Crippen LogP contribution in [0.25, 0.3) is 11.3 Å². The first-order valence-corrected chi connectivity index (χ1v) is 9.00. The van der Waals surface area contributed by atoms with Gasteiger partial charge in [-0.1, -0.05) is 12.1 Å². The lowest BCUT2D eigenvalue weighted by atomic mass is 10.1. The number of furan rings is 1. The molecule has 1 aliphatic rings. The van der Waals surface area contributed by atoms with E-state index in [4.69, 9.17) is 4.42 Å². The second kappa shape index (κ2) is 7.57. The van der Waals surface area contributed by atoms with Gasteiger partial charge in [0.2, 0.25) is 5.95 Å². The van der Waals surface area contributed by atoms with Crippen LogP contribution in [0.15, 0.2) is 59.3 Å². The lowest BCUT2D eigenvalue weighted by molar-refractivity contribution is -0.137. The van der Waals surface area contributed by atoms with Gasteiger partial charge in [0, 0.05) is 44.1 Å². The van der Waals surface area contributed by atoms with Crippen molar-refractivity contribution in [1.29, 1.82) is 0 Å². The highest BCUT2D eigenvalue weighted by atomic mass is 19.4. The van der Waals surface area contributed by atoms with Gasteiger partial charge in [-0.3, -0.25) is 4.79 Å². The Morgan fingerprint density at radius 1 is 0.966 bits per heavy atom. The second-order valence-corrected chi connectivity index (χ2v) is 6.57. The average Bonchev–Trinajstić information content (AvgIpc) is 3.24. The molecule has 150 valence electrons. The van der Waals surface area contributed by atoms with Crippen LogP contribution in [-0.2, 0) is 6.18 Å². The van der Waals surface area contributed by atoms with Crippen LogP contribution >= 0.6 is 0 Å². The van der Waals surface area contributed by atoms with Crippen LogP contribution < -0.4 is 4.90 Å². The van der Waals surface area contributed by atoms with E-state index in [1.165, 1.54) is 24.3 Å². The number of rotatable bonds is 3. The maximum atomic E-state index is 12.9. The molecule has 0 atom stereocenters. The first-order chi connectivity index (χ1) is 13.9. The highest BCUT2D eigenvalue weighted by Gasteiger charge is 2.31. The summed E-state index contributed by atoms with van der Waals surface area (Å²) in [6, 6.07) is 9.57. The van der Waals surface area contributed by atoms with Gasteiger partial charge in [0.15, 0.2) is 5.76 Å². The number of carbonyl (C=O) groups excluding carboxylic acids is 1. The largest absolute Gasteiger partial charge is 0.451 e. The summed E-state index contributed by atoms with van der Waals surface area (Å²) in [5.74, 6) is 0.638. The smallest absolute Gasteiger partial charge is 0.416 e. The summed E-state index contributed by atoms with van der Waals surface area (Å²) in [5.41, 5.74) is -0.497. The molecule has 1 saturated heterocycles. The molecule has 3 heterocycles. The predicted octanol–water partition coefficient (Wildman–Crippen LogP) is 3.72. The molecule has 29 heavy (non-hydrogen) atoms. The topological polar surface area (TPSA) is 62.5 Å². The molecule has 1 aliphatic heterocycles. The van der Waals surface area contributed by atoms with Crippen LogP contribution in [0.2, 0.25) is 0 Å². The molecule has 0 unspecified atom stereocenters. The molecule has 2 aromatic heterocycles. The van der Waals surface area contributed by atoms with Gasteiger partial charge >= 0.3 is 6.18 Å². The number of nitrogens with zero attached hydrogens (tertiary/aromatic N) is 4. The Labute approximate surface area is 164 Å². The maximum Gasteiger partial charge on any atom is 0.416 e. The average molecular weight is 402 g/mol. The molecular weight excluding hydrogens is 385 g/mol. The summed E-state index contributed by atoms with van der Waals surface area (Å²) in [6.07, 6.45) is -1.11. The Kier molecular flexibility index (Phi) is 4.96. The van der Waals surface area contributed by atoms with E-state index in [1.54, 1.807) is 23.4 Å². The zero-order chi connectivity index (χ0) is 20.4. The van der Waals surface area contributed by atoms with Gasteiger partial charge in [0.1, 0.15) is 5.76 Å². The van der Waals surface area contributed by atoms with Gasteiger partial charge in [0.05, 0.1) is 5.56 Å². The van der Waals surface area contributed by atoms with Crippen molar-refractivity contribution in [3.05, 3.63) is 66.2 Å². The Morgan fingerprint density at radius 3 is 2.38 bits per heavy atom. The number of alkyl halides is 3. The number of halogens is 3. The molecule has 1 fully saturated rings. The monoisotopic (exact) mass is 402 g/mol. The Balaban J connectivity index is 1.44. The summed E-state index contributed by atoms with van der Waals surface area (Å²) in [7, 11) is 0. The van der Waals surface area contributed by atoms with Crippen LogP contribution in [-0.4, -0.2) is 47.0 Å². The number of anilines is 1. The molecule has 0 N–H and O–H groups in total. The minimum Gasteiger partial charge on any atom is -0.451 e. The molecule has 0 saturated carbocycles. The molecule has 3 aromatic rings. The van der Waals surface area contributed by atoms with Crippen LogP contribution in [0.3, 0.4) is 0 Å². The van der Waals surface area contributed by atoms with Crippen LogP contribution in [0.5, 0.6) is 0 Å². The summed E-state index contributed by atoms with van der Waals surface area (Å²) >= 11 is 0. The highest BCUT2D eigenvalue weighted by Crippen LogP contribution is 2.32. The molecule has 9 heteroatoms. The minimum atomic E-state index is -4.44. The van der Waals surface area contributed by atoms with Crippen molar-refractivity contribution in [2.24, 2.45) is 0 Å². The fourth-order valence-electron chi connectivity index (χ4n) is 3.18. The van der Waals surface area contributed by atoms with Crippen molar-refractivity contribution in [1.82, 2.24) is 14.9 Å². The molecule has 1 amide bonds. The van der Waals surface area contributed by atoms with E-state index in [0.717, 1.165) is 12.1 Å². The van der Waals surface area contributed by atoms with Crippen molar-refractivity contribution < 1.29 is 22.4 Å². The Morgan fingerprint density at radius 2 is 1.69 bits per heavy atom. The highest BCUT2D eigenvalue weighted by molar-refractivity contribution is 5.92. The SMILES string of the molecule is O=C(c1ccc(-c2cccc(C(F)(F)F)c2)o1)N1CCN(c2ncccn2)CC1. The van der Waals surface area contributed by atoms with Crippen molar-refractivity contribution in [2.75, 3.05) is 31.1 Å². The number of amides is 1. The number of piperazine rings is 1. The fraction of sp³-hybridized carbons (Fsp3) is 0.250.